The molecule has 2 N–H and O–H groups in total. The summed E-state index contributed by atoms with van der Waals surface area (Å²) in [5.74, 6) is -0.726. The van der Waals surface area contributed by atoms with Crippen molar-refractivity contribution in [1.82, 2.24) is 4.98 Å². The molecule has 22 heavy (non-hydrogen) atoms. The van der Waals surface area contributed by atoms with E-state index in [1.54, 1.807) is 5.38 Å². The van der Waals surface area contributed by atoms with Crippen molar-refractivity contribution in [2.24, 2.45) is 5.92 Å². The van der Waals surface area contributed by atoms with E-state index in [4.69, 9.17) is 5.11 Å². The second-order valence-corrected chi connectivity index (χ2v) is 6.24. The molecule has 0 saturated heterocycles. The van der Waals surface area contributed by atoms with E-state index in [1.807, 2.05) is 24.3 Å². The molecular weight excluding hydrogens is 300 g/mol. The van der Waals surface area contributed by atoms with E-state index in [0.717, 1.165) is 35.5 Å². The van der Waals surface area contributed by atoms with Gasteiger partial charge in [-0.15, -0.1) is 11.3 Å². The highest BCUT2D eigenvalue weighted by Gasteiger charge is 2.25. The Kier molecular flexibility index (Phi) is 4.20. The Balaban J connectivity index is 1.82. The number of carboxylic acids is 1. The molecule has 0 radical (unpaired) electrons. The van der Waals surface area contributed by atoms with Crippen LogP contribution in [0.5, 0.6) is 0 Å². The number of carbonyl (C=O) groups excluding carboxylic acids is 1. The molecule has 0 atom stereocenters. The number of nitrogens with zero attached hydrogens (tertiary/aromatic N) is 1. The van der Waals surface area contributed by atoms with E-state index in [-0.39, 0.29) is 18.2 Å². The van der Waals surface area contributed by atoms with Crippen molar-refractivity contribution in [3.63, 3.8) is 0 Å². The maximum Gasteiger partial charge on any atom is 0.309 e. The Labute approximate surface area is 132 Å². The van der Waals surface area contributed by atoms with Crippen molar-refractivity contribution in [2.75, 3.05) is 5.32 Å². The third-order valence-corrected chi connectivity index (χ3v) is 4.70. The van der Waals surface area contributed by atoms with E-state index < -0.39 is 5.97 Å². The summed E-state index contributed by atoms with van der Waals surface area (Å²) < 4.78 is 0. The van der Waals surface area contributed by atoms with Gasteiger partial charge in [-0.3, -0.25) is 9.59 Å². The zero-order valence-electron chi connectivity index (χ0n) is 11.9. The molecule has 0 spiro atoms. The molecule has 1 saturated carbocycles. The zero-order valence-corrected chi connectivity index (χ0v) is 12.7. The second kappa shape index (κ2) is 6.27. The van der Waals surface area contributed by atoms with Crippen molar-refractivity contribution < 1.29 is 14.7 Å². The predicted octanol–water partition coefficient (Wildman–Crippen LogP) is 3.18. The van der Waals surface area contributed by atoms with Crippen molar-refractivity contribution in [3.8, 4) is 10.6 Å². The summed E-state index contributed by atoms with van der Waals surface area (Å²) in [6.45, 7) is 0. The molecule has 1 fully saturated rings. The SMILES string of the molecule is O=C(O)Cc1csc(-c2ccccc2NC(=O)C2CCC2)n1. The van der Waals surface area contributed by atoms with Crippen LogP contribution in [-0.4, -0.2) is 22.0 Å². The quantitative estimate of drug-likeness (QED) is 0.888. The van der Waals surface area contributed by atoms with Gasteiger partial charge in [-0.25, -0.2) is 4.98 Å². The molecule has 1 heterocycles. The first-order chi connectivity index (χ1) is 10.6. The molecule has 1 aliphatic rings. The first kappa shape index (κ1) is 14.7. The molecular formula is C16H16N2O3S. The lowest BCUT2D eigenvalue weighted by atomic mass is 9.85. The topological polar surface area (TPSA) is 79.3 Å². The van der Waals surface area contributed by atoms with E-state index in [1.165, 1.54) is 11.3 Å². The summed E-state index contributed by atoms with van der Waals surface area (Å²) in [6.07, 6.45) is 2.93. The van der Waals surface area contributed by atoms with E-state index >= 15 is 0 Å². The fraction of sp³-hybridized carbons (Fsp3) is 0.312. The molecule has 1 aliphatic carbocycles. The van der Waals surface area contributed by atoms with Crippen molar-refractivity contribution in [2.45, 2.75) is 25.7 Å². The molecule has 6 heteroatoms. The number of aromatic nitrogens is 1. The smallest absolute Gasteiger partial charge is 0.309 e. The lowest BCUT2D eigenvalue weighted by Crippen LogP contribution is -2.28. The lowest BCUT2D eigenvalue weighted by Gasteiger charge is -2.24. The number of thiazole rings is 1. The number of rotatable bonds is 5. The molecule has 0 bridgehead atoms. The van der Waals surface area contributed by atoms with Gasteiger partial charge in [0.15, 0.2) is 0 Å². The van der Waals surface area contributed by atoms with Crippen molar-refractivity contribution in [1.29, 1.82) is 0 Å². The number of nitrogens with one attached hydrogen (secondary N) is 1. The van der Waals surface area contributed by atoms with Gasteiger partial charge >= 0.3 is 5.97 Å². The number of anilines is 1. The van der Waals surface area contributed by atoms with Gasteiger partial charge in [0.25, 0.3) is 0 Å². The summed E-state index contributed by atoms with van der Waals surface area (Å²) in [6, 6.07) is 7.49. The second-order valence-electron chi connectivity index (χ2n) is 5.38. The van der Waals surface area contributed by atoms with Gasteiger partial charge in [-0.1, -0.05) is 18.6 Å². The fourth-order valence-electron chi connectivity index (χ4n) is 2.35. The van der Waals surface area contributed by atoms with Crippen LogP contribution in [0.25, 0.3) is 10.6 Å². The number of para-hydroxylation sites is 1. The molecule has 0 aliphatic heterocycles. The first-order valence-corrected chi connectivity index (χ1v) is 8.08. The van der Waals surface area contributed by atoms with Crippen LogP contribution >= 0.6 is 11.3 Å². The summed E-state index contributed by atoms with van der Waals surface area (Å²) in [7, 11) is 0. The molecule has 0 unspecified atom stereocenters. The van der Waals surface area contributed by atoms with Gasteiger partial charge in [-0.05, 0) is 25.0 Å². The summed E-state index contributed by atoms with van der Waals surface area (Å²) >= 11 is 1.39. The highest BCUT2D eigenvalue weighted by molar-refractivity contribution is 7.13. The van der Waals surface area contributed by atoms with Gasteiger partial charge in [-0.2, -0.15) is 0 Å². The van der Waals surface area contributed by atoms with E-state index in [9.17, 15) is 9.59 Å². The molecule has 1 amide bonds. The normalized spacial score (nSPS) is 14.4. The van der Waals surface area contributed by atoms with Crippen LogP contribution in [-0.2, 0) is 16.0 Å². The molecule has 2 aromatic rings. The van der Waals surface area contributed by atoms with Crippen molar-refractivity contribution in [3.05, 3.63) is 35.3 Å². The fourth-order valence-corrected chi connectivity index (χ4v) is 3.21. The minimum atomic E-state index is -0.900. The Bertz CT molecular complexity index is 707. The highest BCUT2D eigenvalue weighted by atomic mass is 32.1. The maximum atomic E-state index is 12.1. The first-order valence-electron chi connectivity index (χ1n) is 7.20. The number of carboxylic acid groups (broad SMARTS) is 1. The van der Waals surface area contributed by atoms with Gasteiger partial charge < -0.3 is 10.4 Å². The van der Waals surface area contributed by atoms with Crippen molar-refractivity contribution >= 4 is 28.9 Å². The van der Waals surface area contributed by atoms with Crippen LogP contribution in [0, 0.1) is 5.92 Å². The number of carbonyl (C=O) groups is 2. The Morgan fingerprint density at radius 2 is 2.09 bits per heavy atom. The average Bonchev–Trinajstić information content (AvgIpc) is 2.84. The van der Waals surface area contributed by atoms with Crippen LogP contribution < -0.4 is 5.32 Å². The Hall–Kier alpha value is -2.21. The summed E-state index contributed by atoms with van der Waals surface area (Å²) in [5, 5.41) is 14.3. The molecule has 1 aromatic heterocycles. The third kappa shape index (κ3) is 3.17. The predicted molar refractivity (Wildman–Crippen MR) is 84.9 cm³/mol. The number of amides is 1. The minimum Gasteiger partial charge on any atom is -0.481 e. The Morgan fingerprint density at radius 1 is 1.32 bits per heavy atom. The van der Waals surface area contributed by atoms with Gasteiger partial charge in [0, 0.05) is 16.9 Å². The molecule has 3 rings (SSSR count). The van der Waals surface area contributed by atoms with Crippen LogP contribution in [0.1, 0.15) is 25.0 Å². The van der Waals surface area contributed by atoms with E-state index in [0.29, 0.717) is 5.69 Å². The van der Waals surface area contributed by atoms with Crippen LogP contribution in [0.3, 0.4) is 0 Å². The average molecular weight is 316 g/mol. The van der Waals surface area contributed by atoms with Crippen LogP contribution in [0.2, 0.25) is 0 Å². The minimum absolute atomic E-state index is 0.0565. The number of hydrogen-bond acceptors (Lipinski definition) is 4. The number of benzene rings is 1. The molecule has 114 valence electrons. The number of hydrogen-bond donors (Lipinski definition) is 2. The number of aliphatic carboxylic acids is 1. The van der Waals surface area contributed by atoms with Gasteiger partial charge in [0.1, 0.15) is 5.01 Å². The third-order valence-electron chi connectivity index (χ3n) is 3.78. The van der Waals surface area contributed by atoms with E-state index in [2.05, 4.69) is 10.3 Å². The van der Waals surface area contributed by atoms with Crippen LogP contribution in [0.4, 0.5) is 5.69 Å². The van der Waals surface area contributed by atoms with Crippen LogP contribution in [0.15, 0.2) is 29.6 Å². The standard InChI is InChI=1S/C16H16N2O3S/c19-14(20)8-11-9-22-16(17-11)12-6-1-2-7-13(12)18-15(21)10-4-3-5-10/h1-2,6-7,9-10H,3-5,8H2,(H,18,21)(H,19,20). The largest absolute Gasteiger partial charge is 0.481 e. The summed E-state index contributed by atoms with van der Waals surface area (Å²) in [4.78, 5) is 27.2. The van der Waals surface area contributed by atoms with Gasteiger partial charge in [0.05, 0.1) is 17.8 Å². The Morgan fingerprint density at radius 3 is 2.77 bits per heavy atom. The molecule has 1 aromatic carbocycles. The lowest BCUT2D eigenvalue weighted by molar-refractivity contribution is -0.136. The van der Waals surface area contributed by atoms with Gasteiger partial charge in [0.2, 0.25) is 5.91 Å². The monoisotopic (exact) mass is 316 g/mol. The molecule has 5 nitrogen and oxygen atoms in total. The zero-order chi connectivity index (χ0) is 15.5. The highest BCUT2D eigenvalue weighted by Crippen LogP contribution is 2.33. The maximum absolute atomic E-state index is 12.1. The summed E-state index contributed by atoms with van der Waals surface area (Å²) in [5.41, 5.74) is 2.10.